The van der Waals surface area contributed by atoms with Crippen molar-refractivity contribution in [1.29, 1.82) is 0 Å². The second-order valence-electron chi connectivity index (χ2n) is 7.98. The van der Waals surface area contributed by atoms with Crippen molar-refractivity contribution in [3.8, 4) is 22.5 Å². The number of rotatable bonds is 4. The number of carbonyl (C=O) groups excluding carboxylic acids is 2. The number of aromatic amines is 1. The van der Waals surface area contributed by atoms with Crippen molar-refractivity contribution in [1.82, 2.24) is 25.6 Å². The molecule has 2 aromatic carbocycles. The van der Waals surface area contributed by atoms with E-state index in [1.807, 2.05) is 48.5 Å². The Morgan fingerprint density at radius 2 is 1.76 bits per heavy atom. The zero-order valence-corrected chi connectivity index (χ0v) is 18.1. The molecule has 2 amide bonds. The molecule has 0 radical (unpaired) electrons. The molecule has 1 unspecified atom stereocenters. The van der Waals surface area contributed by atoms with Gasteiger partial charge in [0, 0.05) is 24.4 Å². The monoisotopic (exact) mass is 438 g/mol. The Balaban J connectivity index is 1.57. The number of pyridine rings is 1. The zero-order valence-electron chi connectivity index (χ0n) is 18.1. The van der Waals surface area contributed by atoms with Gasteiger partial charge in [0.1, 0.15) is 11.5 Å². The average molecular weight is 438 g/mol. The summed E-state index contributed by atoms with van der Waals surface area (Å²) in [6.45, 7) is 2.94. The highest BCUT2D eigenvalue weighted by Gasteiger charge is 2.32. The number of H-pyrrole nitrogens is 1. The molecule has 4 aromatic rings. The highest BCUT2D eigenvalue weighted by atomic mass is 16.2. The number of aromatic nitrogens is 3. The van der Waals surface area contributed by atoms with E-state index in [4.69, 9.17) is 10.7 Å². The number of fused-ring (bicyclic) bond motifs is 4. The third-order valence-electron chi connectivity index (χ3n) is 5.75. The number of allylic oxidation sites excluding steroid dienone is 2. The van der Waals surface area contributed by atoms with Crippen molar-refractivity contribution in [3.63, 3.8) is 0 Å². The summed E-state index contributed by atoms with van der Waals surface area (Å²) in [5, 5.41) is 5.60. The summed E-state index contributed by atoms with van der Waals surface area (Å²) in [6, 6.07) is 14.8. The molecular formula is C25H22N6O2. The fourth-order valence-electron chi connectivity index (χ4n) is 4.34. The minimum absolute atomic E-state index is 0.0867. The summed E-state index contributed by atoms with van der Waals surface area (Å²) in [6.07, 6.45) is 3.46. The van der Waals surface area contributed by atoms with E-state index in [-0.39, 0.29) is 17.2 Å². The Kier molecular flexibility index (Phi) is 4.90. The van der Waals surface area contributed by atoms with Crippen molar-refractivity contribution >= 4 is 22.8 Å². The number of carbonyl (C=O) groups is 2. The van der Waals surface area contributed by atoms with E-state index in [1.54, 1.807) is 19.3 Å². The van der Waals surface area contributed by atoms with Crippen molar-refractivity contribution in [2.45, 2.75) is 19.9 Å². The first-order valence-electron chi connectivity index (χ1n) is 10.5. The molecule has 1 atom stereocenters. The molecule has 0 bridgehead atoms. The SMILES string of the molecule is CC(=O)C(NC(=O)NC1c2ccccc2-c2c(-c3nc4ccncc4[nH]3)cccc21)=C(C)N. The number of ketones is 1. The molecule has 0 spiro atoms. The van der Waals surface area contributed by atoms with E-state index in [0.29, 0.717) is 0 Å². The molecule has 1 aliphatic carbocycles. The Labute approximate surface area is 189 Å². The number of hydrogen-bond donors (Lipinski definition) is 4. The Morgan fingerprint density at radius 3 is 2.52 bits per heavy atom. The predicted molar refractivity (Wildman–Crippen MR) is 126 cm³/mol. The molecule has 2 heterocycles. The van der Waals surface area contributed by atoms with Crippen LogP contribution in [0, 0.1) is 0 Å². The van der Waals surface area contributed by atoms with Crippen LogP contribution in [0.1, 0.15) is 31.0 Å². The molecule has 2 aromatic heterocycles. The maximum Gasteiger partial charge on any atom is 0.320 e. The van der Waals surface area contributed by atoms with Crippen LogP contribution in [0.15, 0.2) is 72.3 Å². The Bertz CT molecular complexity index is 1420. The molecule has 5 N–H and O–H groups in total. The van der Waals surface area contributed by atoms with Crippen LogP contribution in [-0.2, 0) is 4.79 Å². The third-order valence-corrected chi connectivity index (χ3v) is 5.75. The van der Waals surface area contributed by atoms with Gasteiger partial charge < -0.3 is 21.4 Å². The van der Waals surface area contributed by atoms with Crippen LogP contribution < -0.4 is 16.4 Å². The van der Waals surface area contributed by atoms with Crippen molar-refractivity contribution in [3.05, 3.63) is 83.4 Å². The summed E-state index contributed by atoms with van der Waals surface area (Å²) in [5.41, 5.74) is 12.7. The topological polar surface area (TPSA) is 126 Å². The molecule has 8 heteroatoms. The van der Waals surface area contributed by atoms with Crippen LogP contribution in [0.3, 0.4) is 0 Å². The second kappa shape index (κ2) is 7.90. The molecule has 8 nitrogen and oxygen atoms in total. The Hall–Kier alpha value is -4.46. The van der Waals surface area contributed by atoms with Crippen LogP contribution in [0.25, 0.3) is 33.5 Å². The molecule has 0 saturated carbocycles. The lowest BCUT2D eigenvalue weighted by Crippen LogP contribution is -2.39. The second-order valence-corrected chi connectivity index (χ2v) is 7.98. The van der Waals surface area contributed by atoms with Crippen LogP contribution in [0.5, 0.6) is 0 Å². The molecule has 164 valence electrons. The van der Waals surface area contributed by atoms with E-state index in [9.17, 15) is 9.59 Å². The van der Waals surface area contributed by atoms with Crippen molar-refractivity contribution < 1.29 is 9.59 Å². The van der Waals surface area contributed by atoms with Gasteiger partial charge in [-0.25, -0.2) is 9.78 Å². The fourth-order valence-corrected chi connectivity index (χ4v) is 4.34. The van der Waals surface area contributed by atoms with Crippen LogP contribution in [0.4, 0.5) is 4.79 Å². The van der Waals surface area contributed by atoms with E-state index in [1.165, 1.54) is 6.92 Å². The smallest absolute Gasteiger partial charge is 0.320 e. The number of hydrogen-bond acceptors (Lipinski definition) is 5. The van der Waals surface area contributed by atoms with Crippen LogP contribution >= 0.6 is 0 Å². The lowest BCUT2D eigenvalue weighted by Gasteiger charge is -2.17. The minimum atomic E-state index is -0.502. The normalized spacial score (nSPS) is 14.9. The fraction of sp³-hybridized carbons (Fsp3) is 0.120. The van der Waals surface area contributed by atoms with Crippen LogP contribution in [0.2, 0.25) is 0 Å². The van der Waals surface area contributed by atoms with Gasteiger partial charge in [0.2, 0.25) is 0 Å². The summed E-state index contributed by atoms with van der Waals surface area (Å²) in [4.78, 5) is 36.9. The number of imidazole rings is 1. The summed E-state index contributed by atoms with van der Waals surface area (Å²) in [7, 11) is 0. The first-order chi connectivity index (χ1) is 15.9. The number of nitrogens with zero attached hydrogens (tertiary/aromatic N) is 2. The molecular weight excluding hydrogens is 416 g/mol. The van der Waals surface area contributed by atoms with Gasteiger partial charge in [0.15, 0.2) is 5.78 Å². The number of nitrogens with one attached hydrogen (secondary N) is 3. The van der Waals surface area contributed by atoms with Crippen molar-refractivity contribution in [2.75, 3.05) is 0 Å². The highest BCUT2D eigenvalue weighted by molar-refractivity contribution is 5.98. The summed E-state index contributed by atoms with van der Waals surface area (Å²) >= 11 is 0. The van der Waals surface area contributed by atoms with E-state index >= 15 is 0 Å². The first kappa shape index (κ1) is 20.4. The van der Waals surface area contributed by atoms with Gasteiger partial charge in [-0.2, -0.15) is 0 Å². The lowest BCUT2D eigenvalue weighted by atomic mass is 9.99. The molecule has 5 rings (SSSR count). The summed E-state index contributed by atoms with van der Waals surface area (Å²) < 4.78 is 0. The lowest BCUT2D eigenvalue weighted by molar-refractivity contribution is -0.113. The van der Waals surface area contributed by atoms with Crippen LogP contribution in [-0.4, -0.2) is 26.8 Å². The zero-order chi connectivity index (χ0) is 23.1. The van der Waals surface area contributed by atoms with Gasteiger partial charge in [-0.3, -0.25) is 9.78 Å². The standard InChI is InChI=1S/C25H22N6O2/c1-13(26)22(14(2)32)30-25(33)31-23-16-7-4-3-6-15(16)21-17(23)8-5-9-18(21)24-28-19-10-11-27-12-20(19)29-24/h3-12,23H,26H2,1-2H3,(H,28,29)(H2,30,31,33). The number of amides is 2. The van der Waals surface area contributed by atoms with Gasteiger partial charge in [-0.1, -0.05) is 42.5 Å². The quantitative estimate of drug-likeness (QED) is 0.361. The Morgan fingerprint density at radius 1 is 1.00 bits per heavy atom. The first-order valence-corrected chi connectivity index (χ1v) is 10.5. The van der Waals surface area contributed by atoms with E-state index in [2.05, 4.69) is 20.6 Å². The van der Waals surface area contributed by atoms with Gasteiger partial charge >= 0.3 is 6.03 Å². The largest absolute Gasteiger partial charge is 0.400 e. The summed E-state index contributed by atoms with van der Waals surface area (Å²) in [5.74, 6) is 0.425. The average Bonchev–Trinajstić information content (AvgIpc) is 3.37. The molecule has 0 saturated heterocycles. The maximum atomic E-state index is 12.8. The number of benzene rings is 2. The highest BCUT2D eigenvalue weighted by Crippen LogP contribution is 2.47. The number of urea groups is 1. The van der Waals surface area contributed by atoms with E-state index < -0.39 is 12.1 Å². The van der Waals surface area contributed by atoms with Gasteiger partial charge in [-0.05, 0) is 35.2 Å². The number of Topliss-reactive ketones (excluding diaryl/α,β-unsaturated/α-hetero) is 1. The molecule has 1 aliphatic rings. The molecule has 33 heavy (non-hydrogen) atoms. The van der Waals surface area contributed by atoms with Gasteiger partial charge in [-0.15, -0.1) is 0 Å². The molecule has 0 aliphatic heterocycles. The van der Waals surface area contributed by atoms with E-state index in [0.717, 1.165) is 44.7 Å². The minimum Gasteiger partial charge on any atom is -0.400 e. The maximum absolute atomic E-state index is 12.8. The predicted octanol–water partition coefficient (Wildman–Crippen LogP) is 3.77. The molecule has 0 fully saturated rings. The third kappa shape index (κ3) is 3.51. The van der Waals surface area contributed by atoms with Gasteiger partial charge in [0.25, 0.3) is 0 Å². The van der Waals surface area contributed by atoms with Gasteiger partial charge in [0.05, 0.1) is 23.3 Å². The van der Waals surface area contributed by atoms with Crippen molar-refractivity contribution in [2.24, 2.45) is 5.73 Å². The number of nitrogens with two attached hydrogens (primary N) is 1.